The highest BCUT2D eigenvalue weighted by Crippen LogP contribution is 2.42. The lowest BCUT2D eigenvalue weighted by molar-refractivity contribution is -0.561. The van der Waals surface area contributed by atoms with E-state index in [0.29, 0.717) is 0 Å². The molecule has 0 N–H and O–H groups in total. The van der Waals surface area contributed by atoms with Crippen LogP contribution in [-0.4, -0.2) is 44.9 Å². The molecule has 0 radical (unpaired) electrons. The largest absolute Gasteiger partial charge is 0.521 e. The van der Waals surface area contributed by atoms with Crippen LogP contribution in [0.4, 0.5) is 0 Å². The summed E-state index contributed by atoms with van der Waals surface area (Å²) in [5.74, 6) is 1.55. The zero-order valence-electron chi connectivity index (χ0n) is 26.5. The van der Waals surface area contributed by atoms with E-state index < -0.39 is 35.8 Å². The Morgan fingerprint density at radius 1 is 0.500 bits per heavy atom. The van der Waals surface area contributed by atoms with Gasteiger partial charge in [-0.2, -0.15) is 9.13 Å². The lowest BCUT2D eigenvalue weighted by Gasteiger charge is -2.36. The van der Waals surface area contributed by atoms with Gasteiger partial charge in [0.25, 0.3) is 0 Å². The minimum Gasteiger partial charge on any atom is -0.516 e. The van der Waals surface area contributed by atoms with Crippen LogP contribution < -0.4 is 31.3 Å². The molecule has 2 fully saturated rings. The Hall–Kier alpha value is -3.83. The molecule has 0 unspecified atom stereocenters. The number of hydrogen-bond acceptors (Lipinski definition) is 6. The SMILES string of the molecule is CC1(C)O[B-]2(OC1(C)C)c1cccc(=O)n1-c1cccc[n+]12.CC1(C)O[B-]2(OC1(C)C)c1cccc(=O)n1-c1cccc[n+]12. The first kappa shape index (κ1) is 28.9. The predicted octanol–water partition coefficient (Wildman–Crippen LogP) is 1.47. The van der Waals surface area contributed by atoms with E-state index in [1.807, 2.05) is 125 Å². The molecular weight excluding hydrogens is 558 g/mol. The maximum absolute atomic E-state index is 12.4. The number of nitrogens with zero attached hydrogens (tertiary/aromatic N) is 4. The number of rotatable bonds is 0. The third-order valence-electron chi connectivity index (χ3n) is 10.4. The normalized spacial score (nSPS) is 22.5. The second-order valence-corrected chi connectivity index (χ2v) is 14.0. The molecule has 4 aromatic heterocycles. The van der Waals surface area contributed by atoms with Crippen molar-refractivity contribution in [3.05, 3.63) is 106 Å². The molecule has 4 aromatic rings. The highest BCUT2D eigenvalue weighted by Gasteiger charge is 2.64. The van der Waals surface area contributed by atoms with E-state index >= 15 is 0 Å². The van der Waals surface area contributed by atoms with Gasteiger partial charge in [0.05, 0.1) is 11.2 Å². The average Bonchev–Trinajstić information content (AvgIpc) is 3.52. The summed E-state index contributed by atoms with van der Waals surface area (Å²) in [6.45, 7) is 12.3. The van der Waals surface area contributed by atoms with E-state index in [-0.39, 0.29) is 11.1 Å². The monoisotopic (exact) mass is 596 g/mol. The van der Waals surface area contributed by atoms with Gasteiger partial charge in [0.15, 0.2) is 0 Å². The van der Waals surface area contributed by atoms with Gasteiger partial charge in [-0.1, -0.05) is 24.3 Å². The van der Waals surface area contributed by atoms with Crippen LogP contribution in [-0.2, 0) is 18.6 Å². The fraction of sp³-hybridized carbons (Fsp3) is 0.375. The standard InChI is InChI=1S/2C16H19BN2O3/c2*1-15(2)16(3,4)22-17(21-15)12-8-7-10-14(20)19(12)13-9-5-6-11-18(13)17/h2*5-11H,1-4H3. The van der Waals surface area contributed by atoms with Crippen molar-refractivity contribution in [3.63, 3.8) is 0 Å². The molecule has 0 amide bonds. The first-order valence-electron chi connectivity index (χ1n) is 15.1. The van der Waals surface area contributed by atoms with Crippen molar-refractivity contribution < 1.29 is 27.6 Å². The Bertz CT molecular complexity index is 1790. The predicted molar refractivity (Wildman–Crippen MR) is 167 cm³/mol. The minimum absolute atomic E-state index is 0.0779. The second kappa shape index (κ2) is 8.88. The minimum atomic E-state index is -1.93. The third kappa shape index (κ3) is 3.65. The summed E-state index contributed by atoms with van der Waals surface area (Å²) in [6.07, 6.45) is 3.83. The van der Waals surface area contributed by atoms with E-state index in [0.717, 1.165) is 22.8 Å². The lowest BCUT2D eigenvalue weighted by Crippen LogP contribution is -2.71. The van der Waals surface area contributed by atoms with Crippen LogP contribution >= 0.6 is 0 Å². The molecule has 0 bridgehead atoms. The van der Waals surface area contributed by atoms with Gasteiger partial charge < -0.3 is 27.6 Å². The molecule has 2 saturated heterocycles. The average molecular weight is 596 g/mol. The van der Waals surface area contributed by atoms with Gasteiger partial charge >= 0.3 is 24.5 Å². The van der Waals surface area contributed by atoms with Crippen molar-refractivity contribution in [3.8, 4) is 11.6 Å². The van der Waals surface area contributed by atoms with Gasteiger partial charge in [-0.25, -0.2) is 9.59 Å². The molecule has 0 saturated carbocycles. The van der Waals surface area contributed by atoms with Crippen LogP contribution in [0.15, 0.2) is 94.8 Å². The molecule has 8 heterocycles. The molecule has 12 heteroatoms. The van der Waals surface area contributed by atoms with Crippen molar-refractivity contribution >= 4 is 24.6 Å². The first-order chi connectivity index (χ1) is 20.6. The molecule has 0 aliphatic carbocycles. The molecular formula is C32H38B2N4O6. The molecule has 44 heavy (non-hydrogen) atoms. The fourth-order valence-electron chi connectivity index (χ4n) is 6.89. The highest BCUT2D eigenvalue weighted by atomic mass is 16.7. The number of aromatic nitrogens is 4. The summed E-state index contributed by atoms with van der Waals surface area (Å²) in [4.78, 5) is 24.8. The molecule has 10 nitrogen and oxygen atoms in total. The summed E-state index contributed by atoms with van der Waals surface area (Å²) in [5.41, 5.74) is -0.545. The van der Waals surface area contributed by atoms with E-state index in [4.69, 9.17) is 18.6 Å². The quantitative estimate of drug-likeness (QED) is 0.286. The van der Waals surface area contributed by atoms with Gasteiger partial charge in [-0.3, -0.25) is 0 Å². The van der Waals surface area contributed by atoms with E-state index in [1.165, 1.54) is 0 Å². The third-order valence-corrected chi connectivity index (χ3v) is 10.4. The van der Waals surface area contributed by atoms with Crippen LogP contribution in [0.3, 0.4) is 0 Å². The zero-order valence-corrected chi connectivity index (χ0v) is 26.5. The molecule has 4 aliphatic heterocycles. The number of fused-ring (bicyclic) bond motifs is 10. The van der Waals surface area contributed by atoms with Crippen molar-refractivity contribution in [2.45, 2.75) is 77.8 Å². The molecule has 228 valence electrons. The summed E-state index contributed by atoms with van der Waals surface area (Å²) in [6, 6.07) is 21.9. The van der Waals surface area contributed by atoms with Crippen LogP contribution in [0, 0.1) is 0 Å². The van der Waals surface area contributed by atoms with Crippen LogP contribution in [0.25, 0.3) is 11.6 Å². The van der Waals surface area contributed by atoms with Crippen LogP contribution in [0.1, 0.15) is 55.4 Å². The summed E-state index contributed by atoms with van der Waals surface area (Å²) in [5, 5.41) is 0. The Morgan fingerprint density at radius 2 is 0.841 bits per heavy atom. The van der Waals surface area contributed by atoms with Gasteiger partial charge in [0.1, 0.15) is 0 Å². The lowest BCUT2D eigenvalue weighted by atomic mass is 9.67. The molecule has 0 aromatic carbocycles. The summed E-state index contributed by atoms with van der Waals surface area (Å²) >= 11 is 0. The number of hydrogen-bond donors (Lipinski definition) is 0. The van der Waals surface area contributed by atoms with Crippen molar-refractivity contribution in [1.82, 2.24) is 9.13 Å². The van der Waals surface area contributed by atoms with E-state index in [9.17, 15) is 9.59 Å². The maximum Gasteiger partial charge on any atom is 0.521 e. The highest BCUT2D eigenvalue weighted by molar-refractivity contribution is 6.74. The Labute approximate surface area is 256 Å². The van der Waals surface area contributed by atoms with E-state index in [2.05, 4.69) is 0 Å². The first-order valence-corrected chi connectivity index (χ1v) is 15.1. The maximum atomic E-state index is 12.4. The van der Waals surface area contributed by atoms with Gasteiger partial charge in [0, 0.05) is 59.1 Å². The topological polar surface area (TPSA) is 88.7 Å². The second-order valence-electron chi connectivity index (χ2n) is 14.0. The van der Waals surface area contributed by atoms with Gasteiger partial charge in [-0.05, 0) is 79.7 Å². The Kier molecular flexibility index (Phi) is 5.83. The number of pyridine rings is 4. The molecule has 8 rings (SSSR count). The van der Waals surface area contributed by atoms with E-state index in [1.54, 1.807) is 33.4 Å². The van der Waals surface area contributed by atoms with Crippen LogP contribution in [0.2, 0.25) is 0 Å². The molecule has 2 spiro atoms. The fourth-order valence-corrected chi connectivity index (χ4v) is 6.89. The zero-order chi connectivity index (χ0) is 31.5. The van der Waals surface area contributed by atoms with Crippen molar-refractivity contribution in [2.75, 3.05) is 0 Å². The summed E-state index contributed by atoms with van der Waals surface area (Å²) < 4.78 is 33.1. The summed E-state index contributed by atoms with van der Waals surface area (Å²) in [7, 11) is 0. The smallest absolute Gasteiger partial charge is 0.516 e. The van der Waals surface area contributed by atoms with Crippen LogP contribution in [0.5, 0.6) is 0 Å². The Balaban J connectivity index is 0.000000142. The van der Waals surface area contributed by atoms with Gasteiger partial charge in [-0.15, -0.1) is 0 Å². The Morgan fingerprint density at radius 3 is 1.18 bits per heavy atom. The molecule has 4 aliphatic rings. The van der Waals surface area contributed by atoms with Gasteiger partial charge in [0.2, 0.25) is 11.6 Å². The van der Waals surface area contributed by atoms with Crippen molar-refractivity contribution in [2.24, 2.45) is 0 Å². The molecule has 0 atom stereocenters. The van der Waals surface area contributed by atoms with Crippen molar-refractivity contribution in [1.29, 1.82) is 0 Å².